The predicted octanol–water partition coefficient (Wildman–Crippen LogP) is 5.99. The van der Waals surface area contributed by atoms with Gasteiger partial charge in [-0.05, 0) is 53.9 Å². The Bertz CT molecular complexity index is 1260. The van der Waals surface area contributed by atoms with Crippen molar-refractivity contribution in [1.29, 1.82) is 0 Å². The lowest BCUT2D eigenvalue weighted by molar-refractivity contribution is 0.0985. The van der Waals surface area contributed by atoms with Crippen LogP contribution < -0.4 is 9.80 Å². The van der Waals surface area contributed by atoms with Crippen LogP contribution in [-0.2, 0) is 6.54 Å². The number of pyridine rings is 1. The zero-order chi connectivity index (χ0) is 21.4. The monoisotopic (exact) mass is 405 g/mol. The fourth-order valence-electron chi connectivity index (χ4n) is 4.23. The Balaban J connectivity index is 1.54. The molecule has 1 amide bonds. The second kappa shape index (κ2) is 7.73. The third-order valence-electron chi connectivity index (χ3n) is 5.88. The van der Waals surface area contributed by atoms with E-state index in [1.807, 2.05) is 84.7 Å². The predicted molar refractivity (Wildman–Crippen MR) is 126 cm³/mol. The Hall–Kier alpha value is -3.92. The highest BCUT2D eigenvalue weighted by Crippen LogP contribution is 2.39. The fraction of sp³-hybridized carbons (Fsp3) is 0.111. The average molecular weight is 406 g/mol. The van der Waals surface area contributed by atoms with Gasteiger partial charge in [-0.1, -0.05) is 54.6 Å². The largest absolute Gasteiger partial charge is 0.327 e. The standard InChI is InChI=1S/C27H23N3O/c1-19-8-3-4-10-23(19)20-13-15-21(16-14-20)27(31)30-18-22-9-7-17-28-26(22)29(2)24-11-5-6-12-25(24)30/h3-17H,18H2,1-2H3. The lowest BCUT2D eigenvalue weighted by Crippen LogP contribution is -2.30. The lowest BCUT2D eigenvalue weighted by atomic mass is 9.99. The van der Waals surface area contributed by atoms with E-state index in [1.165, 1.54) is 11.1 Å². The van der Waals surface area contributed by atoms with Gasteiger partial charge in [0.05, 0.1) is 17.9 Å². The first-order valence-corrected chi connectivity index (χ1v) is 10.4. The van der Waals surface area contributed by atoms with Crippen LogP contribution in [0.3, 0.4) is 0 Å². The van der Waals surface area contributed by atoms with E-state index in [1.54, 1.807) is 6.20 Å². The van der Waals surface area contributed by atoms with Gasteiger partial charge in [-0.3, -0.25) is 4.79 Å². The summed E-state index contributed by atoms with van der Waals surface area (Å²) in [6.07, 6.45) is 1.79. The minimum absolute atomic E-state index is 0.0195. The van der Waals surface area contributed by atoms with Crippen LogP contribution in [0.15, 0.2) is 91.1 Å². The second-order valence-corrected chi connectivity index (χ2v) is 7.82. The molecule has 1 aliphatic heterocycles. The highest BCUT2D eigenvalue weighted by atomic mass is 16.2. The first-order chi connectivity index (χ1) is 15.1. The number of fused-ring (bicyclic) bond motifs is 2. The molecule has 0 bridgehead atoms. The van der Waals surface area contributed by atoms with Gasteiger partial charge in [0.1, 0.15) is 5.82 Å². The number of carbonyl (C=O) groups is 1. The first kappa shape index (κ1) is 19.1. The lowest BCUT2D eigenvalue weighted by Gasteiger charge is -2.24. The summed E-state index contributed by atoms with van der Waals surface area (Å²) in [6.45, 7) is 2.58. The number of anilines is 3. The number of hydrogen-bond acceptors (Lipinski definition) is 3. The van der Waals surface area contributed by atoms with Gasteiger partial charge in [0.15, 0.2) is 0 Å². The molecule has 0 radical (unpaired) electrons. The van der Waals surface area contributed by atoms with E-state index in [0.717, 1.165) is 28.3 Å². The van der Waals surface area contributed by atoms with Crippen LogP contribution in [0.25, 0.3) is 11.1 Å². The maximum absolute atomic E-state index is 13.6. The molecule has 4 nitrogen and oxygen atoms in total. The van der Waals surface area contributed by atoms with Gasteiger partial charge < -0.3 is 9.80 Å². The highest BCUT2D eigenvalue weighted by Gasteiger charge is 2.27. The van der Waals surface area contributed by atoms with Gasteiger partial charge in [0, 0.05) is 24.4 Å². The van der Waals surface area contributed by atoms with Crippen molar-refractivity contribution in [2.75, 3.05) is 16.8 Å². The van der Waals surface area contributed by atoms with Crippen LogP contribution >= 0.6 is 0 Å². The maximum atomic E-state index is 13.6. The van der Waals surface area contributed by atoms with E-state index in [-0.39, 0.29) is 5.91 Å². The van der Waals surface area contributed by atoms with Crippen molar-refractivity contribution in [3.63, 3.8) is 0 Å². The summed E-state index contributed by atoms with van der Waals surface area (Å²) in [6, 6.07) is 28.1. The SMILES string of the molecule is Cc1ccccc1-c1ccc(C(=O)N2Cc3cccnc3N(C)c3ccccc32)cc1. The molecular weight excluding hydrogens is 382 g/mol. The average Bonchev–Trinajstić information content (AvgIpc) is 2.94. The summed E-state index contributed by atoms with van der Waals surface area (Å²) in [5.41, 5.74) is 7.05. The van der Waals surface area contributed by atoms with Crippen LogP contribution in [-0.4, -0.2) is 17.9 Å². The molecule has 0 unspecified atom stereocenters. The van der Waals surface area contributed by atoms with Gasteiger partial charge in [-0.25, -0.2) is 4.98 Å². The topological polar surface area (TPSA) is 36.4 Å². The molecule has 0 spiro atoms. The zero-order valence-electron chi connectivity index (χ0n) is 17.6. The molecule has 5 rings (SSSR count). The van der Waals surface area contributed by atoms with E-state index in [0.29, 0.717) is 12.1 Å². The Morgan fingerprint density at radius 1 is 0.839 bits per heavy atom. The molecule has 0 N–H and O–H groups in total. The van der Waals surface area contributed by atoms with Gasteiger partial charge in [-0.2, -0.15) is 0 Å². The number of para-hydroxylation sites is 2. The number of benzene rings is 3. The third kappa shape index (κ3) is 3.36. The molecule has 1 aromatic heterocycles. The molecule has 1 aliphatic rings. The van der Waals surface area contributed by atoms with Crippen LogP contribution in [0.1, 0.15) is 21.5 Å². The van der Waals surface area contributed by atoms with E-state index in [2.05, 4.69) is 28.9 Å². The van der Waals surface area contributed by atoms with Crippen molar-refractivity contribution in [1.82, 2.24) is 4.98 Å². The Kier molecular flexibility index (Phi) is 4.75. The normalized spacial score (nSPS) is 12.7. The molecule has 2 heterocycles. The number of amides is 1. The van der Waals surface area contributed by atoms with Gasteiger partial charge >= 0.3 is 0 Å². The Morgan fingerprint density at radius 2 is 1.55 bits per heavy atom. The summed E-state index contributed by atoms with van der Waals surface area (Å²) in [4.78, 5) is 22.1. The van der Waals surface area contributed by atoms with E-state index < -0.39 is 0 Å². The number of rotatable bonds is 2. The van der Waals surface area contributed by atoms with E-state index in [9.17, 15) is 4.79 Å². The number of aromatic nitrogens is 1. The summed E-state index contributed by atoms with van der Waals surface area (Å²) in [5.74, 6) is 0.856. The van der Waals surface area contributed by atoms with E-state index >= 15 is 0 Å². The highest BCUT2D eigenvalue weighted by molar-refractivity contribution is 6.08. The van der Waals surface area contributed by atoms with Gasteiger partial charge in [0.2, 0.25) is 0 Å². The molecule has 0 saturated heterocycles. The molecule has 0 aliphatic carbocycles. The summed E-state index contributed by atoms with van der Waals surface area (Å²) >= 11 is 0. The maximum Gasteiger partial charge on any atom is 0.258 e. The molecule has 31 heavy (non-hydrogen) atoms. The van der Waals surface area contributed by atoms with Gasteiger partial charge in [0.25, 0.3) is 5.91 Å². The van der Waals surface area contributed by atoms with Crippen molar-refractivity contribution in [2.45, 2.75) is 13.5 Å². The molecule has 0 saturated carbocycles. The Morgan fingerprint density at radius 3 is 2.32 bits per heavy atom. The van der Waals surface area contributed by atoms with Crippen LogP contribution in [0.5, 0.6) is 0 Å². The van der Waals surface area contributed by atoms with Crippen molar-refractivity contribution < 1.29 is 4.79 Å². The number of carbonyl (C=O) groups excluding carboxylic acids is 1. The molecular formula is C27H23N3O. The molecule has 4 aromatic rings. The van der Waals surface area contributed by atoms with Crippen molar-refractivity contribution >= 4 is 23.1 Å². The molecule has 152 valence electrons. The molecule has 0 atom stereocenters. The van der Waals surface area contributed by atoms with E-state index in [4.69, 9.17) is 0 Å². The fourth-order valence-corrected chi connectivity index (χ4v) is 4.23. The number of nitrogens with zero attached hydrogens (tertiary/aromatic N) is 3. The molecule has 3 aromatic carbocycles. The molecule has 0 fully saturated rings. The number of hydrogen-bond donors (Lipinski definition) is 0. The summed E-state index contributed by atoms with van der Waals surface area (Å²) in [7, 11) is 2.00. The zero-order valence-corrected chi connectivity index (χ0v) is 17.6. The Labute approximate surface area is 182 Å². The molecule has 4 heteroatoms. The van der Waals surface area contributed by atoms with Crippen LogP contribution in [0.4, 0.5) is 17.2 Å². The number of aryl methyl sites for hydroxylation is 1. The van der Waals surface area contributed by atoms with Crippen LogP contribution in [0, 0.1) is 6.92 Å². The quantitative estimate of drug-likeness (QED) is 0.411. The van der Waals surface area contributed by atoms with Crippen molar-refractivity contribution in [3.8, 4) is 11.1 Å². The van der Waals surface area contributed by atoms with Gasteiger partial charge in [-0.15, -0.1) is 0 Å². The second-order valence-electron chi connectivity index (χ2n) is 7.82. The minimum Gasteiger partial charge on any atom is -0.327 e. The smallest absolute Gasteiger partial charge is 0.258 e. The van der Waals surface area contributed by atoms with Crippen molar-refractivity contribution in [3.05, 3.63) is 108 Å². The van der Waals surface area contributed by atoms with Crippen LogP contribution in [0.2, 0.25) is 0 Å². The third-order valence-corrected chi connectivity index (χ3v) is 5.88. The first-order valence-electron chi connectivity index (χ1n) is 10.4. The minimum atomic E-state index is -0.0195. The summed E-state index contributed by atoms with van der Waals surface area (Å²) in [5, 5.41) is 0. The van der Waals surface area contributed by atoms with Crippen molar-refractivity contribution in [2.24, 2.45) is 0 Å². The summed E-state index contributed by atoms with van der Waals surface area (Å²) < 4.78 is 0.